The summed E-state index contributed by atoms with van der Waals surface area (Å²) in [4.78, 5) is 12.9. The molecule has 0 saturated heterocycles. The van der Waals surface area contributed by atoms with Gasteiger partial charge in [0.05, 0.1) is 13.7 Å². The Morgan fingerprint density at radius 1 is 1.26 bits per heavy atom. The zero-order valence-electron chi connectivity index (χ0n) is 11.7. The third-order valence-corrected chi connectivity index (χ3v) is 3.54. The van der Waals surface area contributed by atoms with Gasteiger partial charge in [0.1, 0.15) is 11.5 Å². The first-order valence-corrected chi connectivity index (χ1v) is 7.23. The molecule has 0 aliphatic heterocycles. The molecule has 1 amide bonds. The van der Waals surface area contributed by atoms with Crippen molar-refractivity contribution in [1.29, 1.82) is 0 Å². The van der Waals surface area contributed by atoms with Crippen LogP contribution in [0, 0.1) is 0 Å². The summed E-state index contributed by atoms with van der Waals surface area (Å²) in [6.45, 7) is 0.657. The third kappa shape index (κ3) is 6.38. The zero-order valence-corrected chi connectivity index (χ0v) is 12.5. The predicted octanol–water partition coefficient (Wildman–Crippen LogP) is 3.27. The first-order valence-electron chi connectivity index (χ1n) is 6.24. The maximum atomic E-state index is 11.3. The van der Waals surface area contributed by atoms with Gasteiger partial charge in [-0.2, -0.15) is 0 Å². The van der Waals surface area contributed by atoms with Crippen molar-refractivity contribution in [2.45, 2.75) is 12.8 Å². The van der Waals surface area contributed by atoms with Crippen LogP contribution in [-0.2, 0) is 0 Å². The molecule has 0 bridgehead atoms. The maximum absolute atomic E-state index is 11.3. The molecule has 0 fully saturated rings. The second-order valence-corrected chi connectivity index (χ2v) is 5.29. The van der Waals surface area contributed by atoms with E-state index in [0.717, 1.165) is 30.1 Å². The summed E-state index contributed by atoms with van der Waals surface area (Å²) < 4.78 is 10.7. The number of benzene rings is 1. The Morgan fingerprint density at radius 3 is 2.68 bits per heavy atom. The Morgan fingerprint density at radius 2 is 2.00 bits per heavy atom. The fourth-order valence-corrected chi connectivity index (χ4v) is 2.15. The molecule has 1 aromatic rings. The second-order valence-electron chi connectivity index (χ2n) is 4.24. The van der Waals surface area contributed by atoms with Crippen LogP contribution in [0.4, 0.5) is 4.79 Å². The lowest BCUT2D eigenvalue weighted by Crippen LogP contribution is -2.16. The Balaban J connectivity index is 2.12. The Bertz CT molecular complexity index is 396. The van der Waals surface area contributed by atoms with E-state index in [2.05, 4.69) is 0 Å². The van der Waals surface area contributed by atoms with Crippen LogP contribution >= 0.6 is 11.8 Å². The first kappa shape index (κ1) is 15.7. The number of methoxy groups -OCH3 is 1. The summed E-state index contributed by atoms with van der Waals surface area (Å²) in [6, 6.07) is 7.56. The van der Waals surface area contributed by atoms with E-state index in [-0.39, 0.29) is 5.24 Å². The van der Waals surface area contributed by atoms with Gasteiger partial charge in [-0.1, -0.05) is 17.8 Å². The minimum absolute atomic E-state index is 0.105. The molecule has 0 N–H and O–H groups in total. The molecule has 0 unspecified atom stereocenters. The quantitative estimate of drug-likeness (QED) is 0.720. The largest absolute Gasteiger partial charge is 0.497 e. The molecule has 0 radical (unpaired) electrons. The topological polar surface area (TPSA) is 38.8 Å². The van der Waals surface area contributed by atoms with E-state index < -0.39 is 0 Å². The smallest absolute Gasteiger partial charge is 0.281 e. The molecule has 19 heavy (non-hydrogen) atoms. The molecule has 5 heteroatoms. The number of ether oxygens (including phenoxy) is 2. The summed E-state index contributed by atoms with van der Waals surface area (Å²) in [5, 5.41) is 0.105. The number of amides is 1. The molecule has 0 aliphatic rings. The molecular formula is C14H21NO3S. The van der Waals surface area contributed by atoms with Gasteiger partial charge in [0.2, 0.25) is 0 Å². The molecule has 0 aromatic heterocycles. The van der Waals surface area contributed by atoms with Crippen LogP contribution in [-0.4, -0.2) is 43.7 Å². The molecule has 106 valence electrons. The maximum Gasteiger partial charge on any atom is 0.281 e. The summed E-state index contributed by atoms with van der Waals surface area (Å²) >= 11 is 1.35. The third-order valence-electron chi connectivity index (χ3n) is 2.44. The number of rotatable bonds is 7. The number of nitrogens with zero attached hydrogens (tertiary/aromatic N) is 1. The lowest BCUT2D eigenvalue weighted by Gasteiger charge is -2.09. The highest BCUT2D eigenvalue weighted by molar-refractivity contribution is 8.13. The van der Waals surface area contributed by atoms with Gasteiger partial charge in [-0.3, -0.25) is 4.79 Å². The van der Waals surface area contributed by atoms with Crippen LogP contribution in [0.3, 0.4) is 0 Å². The number of thioether (sulfide) groups is 1. The van der Waals surface area contributed by atoms with Crippen molar-refractivity contribution in [3.63, 3.8) is 0 Å². The van der Waals surface area contributed by atoms with Gasteiger partial charge >= 0.3 is 0 Å². The fraction of sp³-hybridized carbons (Fsp3) is 0.500. The summed E-state index contributed by atoms with van der Waals surface area (Å²) in [7, 11) is 5.17. The molecule has 0 saturated carbocycles. The van der Waals surface area contributed by atoms with E-state index in [9.17, 15) is 4.79 Å². The molecule has 0 aliphatic carbocycles. The monoisotopic (exact) mass is 283 g/mol. The standard InChI is InChI=1S/C14H21NO3S/c1-15(2)14(16)19-10-5-4-9-18-13-8-6-7-12(11-13)17-3/h6-8,11H,4-5,9-10H2,1-3H3. The SMILES string of the molecule is COc1cccc(OCCCCSC(=O)N(C)C)c1. The van der Waals surface area contributed by atoms with Gasteiger partial charge in [-0.25, -0.2) is 0 Å². The summed E-state index contributed by atoms with van der Waals surface area (Å²) in [5.41, 5.74) is 0. The van der Waals surface area contributed by atoms with Crippen molar-refractivity contribution < 1.29 is 14.3 Å². The predicted molar refractivity (Wildman–Crippen MR) is 79.3 cm³/mol. The fourth-order valence-electron chi connectivity index (χ4n) is 1.37. The normalized spacial score (nSPS) is 10.1. The number of hydrogen-bond acceptors (Lipinski definition) is 4. The number of unbranched alkanes of at least 4 members (excludes halogenated alkanes) is 1. The van der Waals surface area contributed by atoms with Crippen LogP contribution < -0.4 is 9.47 Å². The summed E-state index contributed by atoms with van der Waals surface area (Å²) in [6.07, 6.45) is 1.90. The van der Waals surface area contributed by atoms with Gasteiger partial charge in [0.15, 0.2) is 0 Å². The summed E-state index contributed by atoms with van der Waals surface area (Å²) in [5.74, 6) is 2.44. The van der Waals surface area contributed by atoms with Crippen molar-refractivity contribution in [2.75, 3.05) is 33.6 Å². The lowest BCUT2D eigenvalue weighted by atomic mass is 10.3. The first-order chi connectivity index (χ1) is 9.13. The average molecular weight is 283 g/mol. The zero-order chi connectivity index (χ0) is 14.1. The van der Waals surface area contributed by atoms with E-state index >= 15 is 0 Å². The lowest BCUT2D eigenvalue weighted by molar-refractivity contribution is 0.241. The van der Waals surface area contributed by atoms with Gasteiger partial charge in [0.25, 0.3) is 5.24 Å². The molecule has 4 nitrogen and oxygen atoms in total. The number of carbonyl (C=O) groups excluding carboxylic acids is 1. The minimum atomic E-state index is 0.105. The molecule has 0 atom stereocenters. The van der Waals surface area contributed by atoms with Crippen molar-refractivity contribution in [2.24, 2.45) is 0 Å². The van der Waals surface area contributed by atoms with Gasteiger partial charge in [0, 0.05) is 25.9 Å². The Kier molecular flexibility index (Phi) is 7.18. The van der Waals surface area contributed by atoms with Crippen molar-refractivity contribution in [1.82, 2.24) is 4.90 Å². The Labute approximate surface area is 119 Å². The molecule has 0 heterocycles. The van der Waals surface area contributed by atoms with Crippen molar-refractivity contribution in [3.8, 4) is 11.5 Å². The molecule has 0 spiro atoms. The second kappa shape index (κ2) is 8.69. The van der Waals surface area contributed by atoms with Crippen LogP contribution in [0.2, 0.25) is 0 Å². The highest BCUT2D eigenvalue weighted by Crippen LogP contribution is 2.19. The van der Waals surface area contributed by atoms with Gasteiger partial charge in [-0.15, -0.1) is 0 Å². The van der Waals surface area contributed by atoms with E-state index in [1.165, 1.54) is 11.8 Å². The minimum Gasteiger partial charge on any atom is -0.497 e. The molecule has 1 rings (SSSR count). The van der Waals surface area contributed by atoms with Crippen LogP contribution in [0.25, 0.3) is 0 Å². The van der Waals surface area contributed by atoms with Gasteiger partial charge < -0.3 is 14.4 Å². The highest BCUT2D eigenvalue weighted by Gasteiger charge is 2.03. The van der Waals surface area contributed by atoms with E-state index in [4.69, 9.17) is 9.47 Å². The Hall–Kier alpha value is -1.36. The van der Waals surface area contributed by atoms with Crippen LogP contribution in [0.15, 0.2) is 24.3 Å². The average Bonchev–Trinajstić information content (AvgIpc) is 2.42. The van der Waals surface area contributed by atoms with E-state index in [0.29, 0.717) is 6.61 Å². The van der Waals surface area contributed by atoms with E-state index in [1.54, 1.807) is 26.1 Å². The van der Waals surface area contributed by atoms with Gasteiger partial charge in [-0.05, 0) is 25.0 Å². The number of hydrogen-bond donors (Lipinski definition) is 0. The van der Waals surface area contributed by atoms with E-state index in [1.807, 2.05) is 24.3 Å². The number of carbonyl (C=O) groups is 1. The van der Waals surface area contributed by atoms with Crippen LogP contribution in [0.5, 0.6) is 11.5 Å². The van der Waals surface area contributed by atoms with Crippen molar-refractivity contribution in [3.05, 3.63) is 24.3 Å². The molecule has 1 aromatic carbocycles. The van der Waals surface area contributed by atoms with Crippen molar-refractivity contribution >= 4 is 17.0 Å². The van der Waals surface area contributed by atoms with Crippen LogP contribution in [0.1, 0.15) is 12.8 Å². The molecular weight excluding hydrogens is 262 g/mol. The highest BCUT2D eigenvalue weighted by atomic mass is 32.2.